The fraction of sp³-hybridized carbons (Fsp3) is 0.143. The predicted molar refractivity (Wildman–Crippen MR) is 111 cm³/mol. The molecule has 28 heavy (non-hydrogen) atoms. The molecule has 2 N–H and O–H groups in total. The van der Waals surface area contributed by atoms with E-state index in [1.807, 2.05) is 31.2 Å². The molecule has 1 amide bonds. The first kappa shape index (κ1) is 19.5. The average Bonchev–Trinajstić information content (AvgIpc) is 2.69. The van der Waals surface area contributed by atoms with Crippen molar-refractivity contribution in [3.05, 3.63) is 70.9 Å². The van der Waals surface area contributed by atoms with Gasteiger partial charge < -0.3 is 20.1 Å². The van der Waals surface area contributed by atoms with Crippen LogP contribution in [-0.2, 0) is 0 Å². The Bertz CT molecular complexity index is 991. The Morgan fingerprint density at radius 1 is 1.04 bits per heavy atom. The van der Waals surface area contributed by atoms with E-state index in [1.54, 1.807) is 31.4 Å². The van der Waals surface area contributed by atoms with Crippen LogP contribution in [0.2, 0.25) is 5.02 Å². The van der Waals surface area contributed by atoms with E-state index in [0.29, 0.717) is 33.6 Å². The number of carbonyl (C=O) groups excluding carboxylic acids is 1. The minimum absolute atomic E-state index is 0.226. The Morgan fingerprint density at radius 3 is 2.46 bits per heavy atom. The van der Waals surface area contributed by atoms with Crippen molar-refractivity contribution in [1.29, 1.82) is 0 Å². The largest absolute Gasteiger partial charge is 0.495 e. The Morgan fingerprint density at radius 2 is 1.82 bits per heavy atom. The zero-order valence-corrected chi connectivity index (χ0v) is 16.5. The highest BCUT2D eigenvalue weighted by atomic mass is 35.5. The first-order valence-electron chi connectivity index (χ1n) is 8.53. The lowest BCUT2D eigenvalue weighted by atomic mass is 10.2. The number of carbonyl (C=O) groups is 1. The quantitative estimate of drug-likeness (QED) is 0.608. The molecule has 0 fully saturated rings. The van der Waals surface area contributed by atoms with Crippen molar-refractivity contribution in [1.82, 2.24) is 4.98 Å². The molecule has 1 aromatic heterocycles. The van der Waals surface area contributed by atoms with Crippen molar-refractivity contribution in [3.63, 3.8) is 0 Å². The minimum Gasteiger partial charge on any atom is -0.495 e. The second-order valence-electron chi connectivity index (χ2n) is 6.07. The Kier molecular flexibility index (Phi) is 6.01. The molecule has 0 unspecified atom stereocenters. The molecule has 0 atom stereocenters. The monoisotopic (exact) mass is 397 g/mol. The van der Waals surface area contributed by atoms with Gasteiger partial charge in [0, 0.05) is 24.0 Å². The number of ether oxygens (including phenoxy) is 2. The molecule has 0 bridgehead atoms. The van der Waals surface area contributed by atoms with Crippen LogP contribution in [0.3, 0.4) is 0 Å². The molecule has 0 spiro atoms. The number of benzene rings is 2. The number of nitrogens with zero attached hydrogens (tertiary/aromatic N) is 1. The van der Waals surface area contributed by atoms with E-state index in [2.05, 4.69) is 15.6 Å². The zero-order chi connectivity index (χ0) is 20.1. The number of amides is 1. The van der Waals surface area contributed by atoms with Crippen LogP contribution < -0.4 is 20.1 Å². The molecule has 3 aromatic rings. The number of hydrogen-bond acceptors (Lipinski definition) is 5. The molecule has 7 heteroatoms. The summed E-state index contributed by atoms with van der Waals surface area (Å²) in [6, 6.07) is 14.4. The first-order chi connectivity index (χ1) is 13.5. The number of hydrogen-bond donors (Lipinski definition) is 2. The Balaban J connectivity index is 1.75. The summed E-state index contributed by atoms with van der Waals surface area (Å²) >= 11 is 6.12. The van der Waals surface area contributed by atoms with Crippen molar-refractivity contribution >= 4 is 34.7 Å². The molecule has 0 aliphatic heterocycles. The highest BCUT2D eigenvalue weighted by Crippen LogP contribution is 2.37. The van der Waals surface area contributed by atoms with Gasteiger partial charge in [0.1, 0.15) is 17.3 Å². The third kappa shape index (κ3) is 4.53. The molecule has 144 valence electrons. The van der Waals surface area contributed by atoms with E-state index >= 15 is 0 Å². The number of nitrogens with one attached hydrogen (secondary N) is 2. The zero-order valence-electron chi connectivity index (χ0n) is 15.7. The summed E-state index contributed by atoms with van der Waals surface area (Å²) in [5.74, 6) is 1.39. The molecular formula is C21H20ClN3O3. The molecule has 0 saturated heterocycles. The van der Waals surface area contributed by atoms with Gasteiger partial charge in [-0.25, -0.2) is 4.98 Å². The summed E-state index contributed by atoms with van der Waals surface area (Å²) in [5, 5.41) is 6.44. The van der Waals surface area contributed by atoms with Gasteiger partial charge >= 0.3 is 0 Å². The third-order valence-electron chi connectivity index (χ3n) is 4.04. The number of aryl methyl sites for hydroxylation is 1. The normalized spacial score (nSPS) is 10.3. The predicted octanol–water partition coefficient (Wildman–Crippen LogP) is 5.06. The summed E-state index contributed by atoms with van der Waals surface area (Å²) in [5.41, 5.74) is 2.91. The van der Waals surface area contributed by atoms with Gasteiger partial charge in [-0.15, -0.1) is 0 Å². The van der Waals surface area contributed by atoms with E-state index in [-0.39, 0.29) is 5.91 Å². The lowest BCUT2D eigenvalue weighted by Crippen LogP contribution is -2.12. The number of methoxy groups -OCH3 is 2. The molecule has 0 aliphatic carbocycles. The Labute approximate surface area is 168 Å². The van der Waals surface area contributed by atoms with Crippen molar-refractivity contribution in [2.45, 2.75) is 6.92 Å². The topological polar surface area (TPSA) is 72.5 Å². The van der Waals surface area contributed by atoms with Crippen molar-refractivity contribution in [3.8, 4) is 11.5 Å². The van der Waals surface area contributed by atoms with E-state index in [4.69, 9.17) is 21.1 Å². The lowest BCUT2D eigenvalue weighted by molar-refractivity contribution is 0.102. The van der Waals surface area contributed by atoms with Crippen LogP contribution in [0.4, 0.5) is 17.2 Å². The summed E-state index contributed by atoms with van der Waals surface area (Å²) < 4.78 is 10.6. The summed E-state index contributed by atoms with van der Waals surface area (Å²) in [7, 11) is 3.09. The summed E-state index contributed by atoms with van der Waals surface area (Å²) in [6.07, 6.45) is 1.51. The van der Waals surface area contributed by atoms with Crippen molar-refractivity contribution in [2.24, 2.45) is 0 Å². The molecule has 0 radical (unpaired) electrons. The Hall–Kier alpha value is -3.25. The van der Waals surface area contributed by atoms with Crippen molar-refractivity contribution < 1.29 is 14.3 Å². The van der Waals surface area contributed by atoms with E-state index in [1.165, 1.54) is 13.3 Å². The fourth-order valence-electron chi connectivity index (χ4n) is 2.62. The van der Waals surface area contributed by atoms with Crippen LogP contribution in [0.25, 0.3) is 0 Å². The molecule has 6 nitrogen and oxygen atoms in total. The van der Waals surface area contributed by atoms with Crippen LogP contribution in [-0.4, -0.2) is 25.1 Å². The number of anilines is 3. The molecule has 2 aromatic carbocycles. The third-order valence-corrected chi connectivity index (χ3v) is 4.33. The van der Waals surface area contributed by atoms with Gasteiger partial charge in [-0.05, 0) is 36.8 Å². The van der Waals surface area contributed by atoms with Crippen LogP contribution in [0.15, 0.2) is 54.7 Å². The van der Waals surface area contributed by atoms with Crippen LogP contribution in [0, 0.1) is 6.92 Å². The lowest BCUT2D eigenvalue weighted by Gasteiger charge is -2.13. The summed E-state index contributed by atoms with van der Waals surface area (Å²) in [6.45, 7) is 1.97. The first-order valence-corrected chi connectivity index (χ1v) is 8.90. The maximum atomic E-state index is 12.4. The second kappa shape index (κ2) is 8.63. The van der Waals surface area contributed by atoms with Gasteiger partial charge in [0.2, 0.25) is 0 Å². The fourth-order valence-corrected chi connectivity index (χ4v) is 2.86. The maximum Gasteiger partial charge on any atom is 0.257 e. The van der Waals surface area contributed by atoms with Gasteiger partial charge in [-0.1, -0.05) is 23.7 Å². The number of aromatic nitrogens is 1. The summed E-state index contributed by atoms with van der Waals surface area (Å²) in [4.78, 5) is 16.7. The van der Waals surface area contributed by atoms with E-state index in [9.17, 15) is 4.79 Å². The highest BCUT2D eigenvalue weighted by Gasteiger charge is 2.12. The van der Waals surface area contributed by atoms with Crippen LogP contribution in [0.5, 0.6) is 11.5 Å². The van der Waals surface area contributed by atoms with Gasteiger partial charge in [0.15, 0.2) is 0 Å². The molecular weight excluding hydrogens is 378 g/mol. The molecule has 3 rings (SSSR count). The van der Waals surface area contributed by atoms with Crippen LogP contribution >= 0.6 is 11.6 Å². The number of pyridine rings is 1. The van der Waals surface area contributed by atoms with Crippen molar-refractivity contribution in [2.75, 3.05) is 24.9 Å². The van der Waals surface area contributed by atoms with Gasteiger partial charge in [-0.2, -0.15) is 0 Å². The minimum atomic E-state index is -0.226. The SMILES string of the molecule is COc1cc(Nc2ccc(C(=O)Nc3cccc(C)c3)cn2)c(OC)cc1Cl. The standard InChI is InChI=1S/C21H20ClN3O3/c1-13-5-4-6-15(9-13)24-21(26)14-7-8-20(23-12-14)25-17-11-18(27-2)16(22)10-19(17)28-3/h4-12H,1-3H3,(H,23,25)(H,24,26). The molecule has 1 heterocycles. The average molecular weight is 398 g/mol. The van der Waals surface area contributed by atoms with Crippen LogP contribution in [0.1, 0.15) is 15.9 Å². The second-order valence-corrected chi connectivity index (χ2v) is 6.47. The van der Waals surface area contributed by atoms with Gasteiger partial charge in [-0.3, -0.25) is 4.79 Å². The van der Waals surface area contributed by atoms with E-state index < -0.39 is 0 Å². The van der Waals surface area contributed by atoms with E-state index in [0.717, 1.165) is 11.3 Å². The highest BCUT2D eigenvalue weighted by molar-refractivity contribution is 6.32. The smallest absolute Gasteiger partial charge is 0.257 e. The molecule has 0 saturated carbocycles. The number of halogens is 1. The molecule has 0 aliphatic rings. The van der Waals surface area contributed by atoms with Gasteiger partial charge in [0.05, 0.1) is 30.5 Å². The maximum absolute atomic E-state index is 12.4. The van der Waals surface area contributed by atoms with Gasteiger partial charge in [0.25, 0.3) is 5.91 Å². The number of rotatable bonds is 6.